The molecule has 1 amide bonds. The van der Waals surface area contributed by atoms with Crippen LogP contribution in [0.15, 0.2) is 5.38 Å². The van der Waals surface area contributed by atoms with Crippen molar-refractivity contribution in [3.63, 3.8) is 0 Å². The Hall–Kier alpha value is -0.650. The molecule has 0 saturated carbocycles. The zero-order valence-electron chi connectivity index (χ0n) is 9.61. The lowest BCUT2D eigenvalue weighted by atomic mass is 9.99. The third kappa shape index (κ3) is 2.97. The highest BCUT2D eigenvalue weighted by molar-refractivity contribution is 7.13. The number of anilines is 1. The molecular formula is C11H15ClN2O2S. The monoisotopic (exact) mass is 274 g/mol. The third-order valence-electron chi connectivity index (χ3n) is 2.87. The standard InChI is InChI=1S/C11H15ClN2O2S/c1-2-9-8(3-4-16-9)10(15)14-11-13-7(5-12)6-17-11/h6,8-9H,2-5H2,1H3,(H,13,14,15). The Labute approximate surface area is 109 Å². The van der Waals surface area contributed by atoms with Gasteiger partial charge in [0, 0.05) is 12.0 Å². The number of hydrogen-bond donors (Lipinski definition) is 1. The van der Waals surface area contributed by atoms with Gasteiger partial charge in [-0.3, -0.25) is 4.79 Å². The number of carbonyl (C=O) groups excluding carboxylic acids is 1. The van der Waals surface area contributed by atoms with E-state index >= 15 is 0 Å². The molecule has 0 bridgehead atoms. The first-order valence-electron chi connectivity index (χ1n) is 5.67. The third-order valence-corrected chi connectivity index (χ3v) is 3.95. The zero-order valence-corrected chi connectivity index (χ0v) is 11.2. The predicted molar refractivity (Wildman–Crippen MR) is 68.4 cm³/mol. The van der Waals surface area contributed by atoms with E-state index in [0.717, 1.165) is 18.5 Å². The normalized spacial score (nSPS) is 23.9. The molecule has 1 aliphatic heterocycles. The Morgan fingerprint density at radius 1 is 1.76 bits per heavy atom. The second-order valence-electron chi connectivity index (χ2n) is 3.98. The van der Waals surface area contributed by atoms with Crippen molar-refractivity contribution in [1.29, 1.82) is 0 Å². The van der Waals surface area contributed by atoms with Crippen molar-refractivity contribution in [3.05, 3.63) is 11.1 Å². The van der Waals surface area contributed by atoms with Crippen LogP contribution in [-0.2, 0) is 15.4 Å². The van der Waals surface area contributed by atoms with Crippen LogP contribution in [0.3, 0.4) is 0 Å². The lowest BCUT2D eigenvalue weighted by molar-refractivity contribution is -0.121. The second-order valence-corrected chi connectivity index (χ2v) is 5.10. The van der Waals surface area contributed by atoms with Gasteiger partial charge in [0.2, 0.25) is 5.91 Å². The van der Waals surface area contributed by atoms with Crippen LogP contribution in [-0.4, -0.2) is 23.6 Å². The molecular weight excluding hydrogens is 260 g/mol. The van der Waals surface area contributed by atoms with E-state index in [4.69, 9.17) is 16.3 Å². The van der Waals surface area contributed by atoms with E-state index in [1.807, 2.05) is 12.3 Å². The molecule has 6 heteroatoms. The van der Waals surface area contributed by atoms with Crippen molar-refractivity contribution in [2.24, 2.45) is 5.92 Å². The summed E-state index contributed by atoms with van der Waals surface area (Å²) in [6.45, 7) is 2.70. The van der Waals surface area contributed by atoms with Crippen molar-refractivity contribution in [2.45, 2.75) is 31.7 Å². The molecule has 94 valence electrons. The molecule has 4 nitrogen and oxygen atoms in total. The van der Waals surface area contributed by atoms with E-state index in [0.29, 0.717) is 17.6 Å². The van der Waals surface area contributed by atoms with Gasteiger partial charge >= 0.3 is 0 Å². The minimum Gasteiger partial charge on any atom is -0.377 e. The molecule has 2 unspecified atom stereocenters. The smallest absolute Gasteiger partial charge is 0.231 e. The Bertz CT molecular complexity index is 397. The number of halogens is 1. The van der Waals surface area contributed by atoms with Crippen molar-refractivity contribution in [3.8, 4) is 0 Å². The van der Waals surface area contributed by atoms with Crippen LogP contribution in [0.25, 0.3) is 0 Å². The van der Waals surface area contributed by atoms with Gasteiger partial charge in [-0.15, -0.1) is 22.9 Å². The number of hydrogen-bond acceptors (Lipinski definition) is 4. The highest BCUT2D eigenvalue weighted by atomic mass is 35.5. The first kappa shape index (κ1) is 12.8. The van der Waals surface area contributed by atoms with Crippen LogP contribution in [0.2, 0.25) is 0 Å². The summed E-state index contributed by atoms with van der Waals surface area (Å²) < 4.78 is 5.50. The second kappa shape index (κ2) is 5.80. The lowest BCUT2D eigenvalue weighted by Crippen LogP contribution is -2.29. The lowest BCUT2D eigenvalue weighted by Gasteiger charge is -2.15. The van der Waals surface area contributed by atoms with Crippen molar-refractivity contribution in [2.75, 3.05) is 11.9 Å². The van der Waals surface area contributed by atoms with Gasteiger partial charge < -0.3 is 10.1 Å². The number of nitrogens with zero attached hydrogens (tertiary/aromatic N) is 1. The quantitative estimate of drug-likeness (QED) is 0.859. The van der Waals surface area contributed by atoms with E-state index < -0.39 is 0 Å². The number of nitrogens with one attached hydrogen (secondary N) is 1. The summed E-state index contributed by atoms with van der Waals surface area (Å²) in [7, 11) is 0. The zero-order chi connectivity index (χ0) is 12.3. The van der Waals surface area contributed by atoms with E-state index in [1.165, 1.54) is 11.3 Å². The van der Waals surface area contributed by atoms with E-state index in [-0.39, 0.29) is 17.9 Å². The van der Waals surface area contributed by atoms with E-state index in [9.17, 15) is 4.79 Å². The van der Waals surface area contributed by atoms with Crippen molar-refractivity contribution in [1.82, 2.24) is 4.98 Å². The average Bonchev–Trinajstić information content (AvgIpc) is 2.96. The van der Waals surface area contributed by atoms with Gasteiger partial charge in [-0.05, 0) is 12.8 Å². The van der Waals surface area contributed by atoms with Gasteiger partial charge in [0.05, 0.1) is 23.6 Å². The highest BCUT2D eigenvalue weighted by Crippen LogP contribution is 2.25. The fourth-order valence-electron chi connectivity index (χ4n) is 1.97. The number of thiazole rings is 1. The number of rotatable bonds is 4. The van der Waals surface area contributed by atoms with Crippen LogP contribution in [0.5, 0.6) is 0 Å². The molecule has 0 spiro atoms. The SMILES string of the molecule is CCC1OCCC1C(=O)Nc1nc(CCl)cs1. The largest absolute Gasteiger partial charge is 0.377 e. The number of ether oxygens (including phenoxy) is 1. The molecule has 2 atom stereocenters. The summed E-state index contributed by atoms with van der Waals surface area (Å²) in [5.41, 5.74) is 0.793. The highest BCUT2D eigenvalue weighted by Gasteiger charge is 2.33. The van der Waals surface area contributed by atoms with E-state index in [2.05, 4.69) is 10.3 Å². The molecule has 17 heavy (non-hydrogen) atoms. The molecule has 0 aliphatic carbocycles. The summed E-state index contributed by atoms with van der Waals surface area (Å²) in [4.78, 5) is 16.2. The Morgan fingerprint density at radius 3 is 3.24 bits per heavy atom. The van der Waals surface area contributed by atoms with Gasteiger partial charge in [-0.1, -0.05) is 6.92 Å². The first-order valence-corrected chi connectivity index (χ1v) is 7.08. The van der Waals surface area contributed by atoms with Crippen LogP contribution in [0.4, 0.5) is 5.13 Å². The molecule has 1 aromatic heterocycles. The Balaban J connectivity index is 1.96. The number of aromatic nitrogens is 1. The minimum atomic E-state index is -0.0525. The molecule has 1 N–H and O–H groups in total. The van der Waals surface area contributed by atoms with Crippen LogP contribution < -0.4 is 5.32 Å². The average molecular weight is 275 g/mol. The number of alkyl halides is 1. The maximum Gasteiger partial charge on any atom is 0.231 e. The molecule has 2 rings (SSSR count). The minimum absolute atomic E-state index is 0.00447. The van der Waals surface area contributed by atoms with Crippen molar-refractivity contribution < 1.29 is 9.53 Å². The Kier molecular flexibility index (Phi) is 4.36. The van der Waals surface area contributed by atoms with Crippen molar-refractivity contribution >= 4 is 34.0 Å². The fraction of sp³-hybridized carbons (Fsp3) is 0.636. The molecule has 0 radical (unpaired) electrons. The molecule has 1 saturated heterocycles. The van der Waals surface area contributed by atoms with Gasteiger partial charge in [0.15, 0.2) is 5.13 Å². The predicted octanol–water partition coefficient (Wildman–Crippen LogP) is 2.64. The van der Waals surface area contributed by atoms with E-state index in [1.54, 1.807) is 0 Å². The summed E-state index contributed by atoms with van der Waals surface area (Å²) in [6.07, 6.45) is 1.70. The maximum atomic E-state index is 12.0. The van der Waals surface area contributed by atoms with Crippen LogP contribution >= 0.6 is 22.9 Å². The topological polar surface area (TPSA) is 51.2 Å². The van der Waals surface area contributed by atoms with Gasteiger partial charge in [-0.25, -0.2) is 4.98 Å². The number of amides is 1. The summed E-state index contributed by atoms with van der Waals surface area (Å²) >= 11 is 7.06. The summed E-state index contributed by atoms with van der Waals surface area (Å²) in [6, 6.07) is 0. The van der Waals surface area contributed by atoms with Gasteiger partial charge in [0.1, 0.15) is 0 Å². The molecule has 2 heterocycles. The molecule has 1 aromatic rings. The Morgan fingerprint density at radius 2 is 2.59 bits per heavy atom. The van der Waals surface area contributed by atoms with Gasteiger partial charge in [0.25, 0.3) is 0 Å². The summed E-state index contributed by atoms with van der Waals surface area (Å²) in [5.74, 6) is 0.324. The molecule has 1 aliphatic rings. The molecule has 0 aromatic carbocycles. The summed E-state index contributed by atoms with van der Waals surface area (Å²) in [5, 5.41) is 5.30. The maximum absolute atomic E-state index is 12.0. The van der Waals surface area contributed by atoms with Crippen LogP contribution in [0, 0.1) is 5.92 Å². The van der Waals surface area contributed by atoms with Crippen LogP contribution in [0.1, 0.15) is 25.5 Å². The number of carbonyl (C=O) groups is 1. The first-order chi connectivity index (χ1) is 8.24. The molecule has 1 fully saturated rings. The fourth-order valence-corrected chi connectivity index (χ4v) is 2.92. The van der Waals surface area contributed by atoms with Gasteiger partial charge in [-0.2, -0.15) is 0 Å².